The van der Waals surface area contributed by atoms with Gasteiger partial charge < -0.3 is 10.6 Å². The van der Waals surface area contributed by atoms with E-state index in [2.05, 4.69) is 31.5 Å². The third kappa shape index (κ3) is 5.65. The van der Waals surface area contributed by atoms with Gasteiger partial charge >= 0.3 is 0 Å². The summed E-state index contributed by atoms with van der Waals surface area (Å²) in [5.74, 6) is 0.208. The molecule has 5 nitrogen and oxygen atoms in total. The second kappa shape index (κ2) is 8.29. The molecule has 0 saturated heterocycles. The van der Waals surface area contributed by atoms with E-state index in [4.69, 9.17) is 0 Å². The van der Waals surface area contributed by atoms with Gasteiger partial charge in [0, 0.05) is 23.6 Å². The molecule has 0 fully saturated rings. The number of benzene rings is 1. The van der Waals surface area contributed by atoms with E-state index >= 15 is 0 Å². The summed E-state index contributed by atoms with van der Waals surface area (Å²) in [6, 6.07) is 13.0. The Morgan fingerprint density at radius 2 is 1.82 bits per heavy atom. The van der Waals surface area contributed by atoms with Crippen molar-refractivity contribution in [3.05, 3.63) is 58.7 Å². The molecule has 2 N–H and O–H groups in total. The number of rotatable bonds is 6. The summed E-state index contributed by atoms with van der Waals surface area (Å²) >= 11 is 3.27. The molecule has 1 aromatic heterocycles. The minimum atomic E-state index is -0.185. The van der Waals surface area contributed by atoms with Crippen molar-refractivity contribution < 1.29 is 9.59 Å². The zero-order valence-electron chi connectivity index (χ0n) is 11.9. The summed E-state index contributed by atoms with van der Waals surface area (Å²) in [6.45, 7) is 0.300. The first-order chi connectivity index (χ1) is 10.6. The molecule has 0 atom stereocenters. The van der Waals surface area contributed by atoms with Gasteiger partial charge in [-0.15, -0.1) is 0 Å². The fourth-order valence-corrected chi connectivity index (χ4v) is 2.05. The Morgan fingerprint density at radius 3 is 2.50 bits per heavy atom. The molecule has 114 valence electrons. The standard InChI is InChI=1S/C16H16BrN3O2/c17-13-6-7-14(19-11-13)20-15(21)8-9-18-16(22)10-12-4-2-1-3-5-12/h1-7,11H,8-10H2,(H,18,22)(H,19,20,21). The van der Waals surface area contributed by atoms with Crippen LogP contribution in [-0.4, -0.2) is 23.3 Å². The molecule has 2 rings (SSSR count). The summed E-state index contributed by atoms with van der Waals surface area (Å²) in [7, 11) is 0. The van der Waals surface area contributed by atoms with E-state index in [-0.39, 0.29) is 18.2 Å². The summed E-state index contributed by atoms with van der Waals surface area (Å²) < 4.78 is 0.846. The van der Waals surface area contributed by atoms with Gasteiger partial charge in [0.05, 0.1) is 6.42 Å². The highest BCUT2D eigenvalue weighted by molar-refractivity contribution is 9.10. The number of carbonyl (C=O) groups excluding carboxylic acids is 2. The van der Waals surface area contributed by atoms with Crippen LogP contribution in [0.4, 0.5) is 5.82 Å². The van der Waals surface area contributed by atoms with Crippen molar-refractivity contribution in [3.8, 4) is 0 Å². The first-order valence-electron chi connectivity index (χ1n) is 6.85. The number of anilines is 1. The van der Waals surface area contributed by atoms with Crippen molar-refractivity contribution in [1.82, 2.24) is 10.3 Å². The highest BCUT2D eigenvalue weighted by atomic mass is 79.9. The average Bonchev–Trinajstić information content (AvgIpc) is 2.50. The molecule has 0 aliphatic rings. The Morgan fingerprint density at radius 1 is 1.05 bits per heavy atom. The first-order valence-corrected chi connectivity index (χ1v) is 7.65. The van der Waals surface area contributed by atoms with Crippen molar-refractivity contribution in [1.29, 1.82) is 0 Å². The van der Waals surface area contributed by atoms with Crippen molar-refractivity contribution in [2.45, 2.75) is 12.8 Å². The maximum absolute atomic E-state index is 11.7. The molecule has 1 heterocycles. The lowest BCUT2D eigenvalue weighted by Gasteiger charge is -2.06. The summed E-state index contributed by atoms with van der Waals surface area (Å²) in [5, 5.41) is 5.40. The van der Waals surface area contributed by atoms with Crippen LogP contribution in [0.1, 0.15) is 12.0 Å². The molecule has 22 heavy (non-hydrogen) atoms. The van der Waals surface area contributed by atoms with Gasteiger partial charge in [-0.05, 0) is 33.6 Å². The second-order valence-corrected chi connectivity index (χ2v) is 5.59. The Bertz CT molecular complexity index is 630. The number of halogens is 1. The van der Waals surface area contributed by atoms with Crippen molar-refractivity contribution >= 4 is 33.6 Å². The number of hydrogen-bond donors (Lipinski definition) is 2. The van der Waals surface area contributed by atoms with Gasteiger partial charge in [0.15, 0.2) is 0 Å². The number of aromatic nitrogens is 1. The maximum atomic E-state index is 11.7. The first kappa shape index (κ1) is 16.2. The minimum absolute atomic E-state index is 0.0965. The van der Waals surface area contributed by atoms with Crippen LogP contribution in [0.3, 0.4) is 0 Å². The van der Waals surface area contributed by atoms with Crippen LogP contribution in [0.15, 0.2) is 53.1 Å². The smallest absolute Gasteiger partial charge is 0.227 e. The zero-order chi connectivity index (χ0) is 15.8. The van der Waals surface area contributed by atoms with E-state index in [1.54, 1.807) is 18.3 Å². The molecule has 0 aliphatic carbocycles. The van der Waals surface area contributed by atoms with Crippen LogP contribution >= 0.6 is 15.9 Å². The lowest BCUT2D eigenvalue weighted by Crippen LogP contribution is -2.29. The number of hydrogen-bond acceptors (Lipinski definition) is 3. The second-order valence-electron chi connectivity index (χ2n) is 4.67. The van der Waals surface area contributed by atoms with Crippen LogP contribution in [0.25, 0.3) is 0 Å². The van der Waals surface area contributed by atoms with Gasteiger partial charge in [0.2, 0.25) is 11.8 Å². The summed E-state index contributed by atoms with van der Waals surface area (Å²) in [6.07, 6.45) is 2.13. The van der Waals surface area contributed by atoms with Crippen LogP contribution in [0.5, 0.6) is 0 Å². The van der Waals surface area contributed by atoms with Gasteiger partial charge in [0.1, 0.15) is 5.82 Å². The molecule has 2 aromatic rings. The Hall–Kier alpha value is -2.21. The van der Waals surface area contributed by atoms with Gasteiger partial charge in [-0.1, -0.05) is 30.3 Å². The monoisotopic (exact) mass is 361 g/mol. The van der Waals surface area contributed by atoms with Crippen molar-refractivity contribution in [2.75, 3.05) is 11.9 Å². The molecule has 0 aliphatic heterocycles. The van der Waals surface area contributed by atoms with E-state index in [1.165, 1.54) is 0 Å². The third-order valence-electron chi connectivity index (χ3n) is 2.88. The van der Waals surface area contributed by atoms with Crippen molar-refractivity contribution in [3.63, 3.8) is 0 Å². The van der Waals surface area contributed by atoms with Crippen LogP contribution in [-0.2, 0) is 16.0 Å². The molecular weight excluding hydrogens is 346 g/mol. The number of nitrogens with zero attached hydrogens (tertiary/aromatic N) is 1. The van der Waals surface area contributed by atoms with Crippen LogP contribution < -0.4 is 10.6 Å². The SMILES string of the molecule is O=C(Cc1ccccc1)NCCC(=O)Nc1ccc(Br)cn1. The van der Waals surface area contributed by atoms with Gasteiger partial charge in [-0.2, -0.15) is 0 Å². The number of pyridine rings is 1. The Labute approximate surface area is 137 Å². The molecule has 2 amide bonds. The lowest BCUT2D eigenvalue weighted by molar-refractivity contribution is -0.120. The highest BCUT2D eigenvalue weighted by Crippen LogP contribution is 2.10. The van der Waals surface area contributed by atoms with Gasteiger partial charge in [-0.25, -0.2) is 4.98 Å². The van der Waals surface area contributed by atoms with E-state index in [0.717, 1.165) is 10.0 Å². The topological polar surface area (TPSA) is 71.1 Å². The number of carbonyl (C=O) groups is 2. The Kier molecular flexibility index (Phi) is 6.09. The van der Waals surface area contributed by atoms with Gasteiger partial charge in [0.25, 0.3) is 0 Å². The van der Waals surface area contributed by atoms with E-state index in [0.29, 0.717) is 18.8 Å². The lowest BCUT2D eigenvalue weighted by atomic mass is 10.1. The van der Waals surface area contributed by atoms with Crippen LogP contribution in [0, 0.1) is 0 Å². The van der Waals surface area contributed by atoms with E-state index < -0.39 is 0 Å². The highest BCUT2D eigenvalue weighted by Gasteiger charge is 2.06. The zero-order valence-corrected chi connectivity index (χ0v) is 13.5. The molecular formula is C16H16BrN3O2. The van der Waals surface area contributed by atoms with E-state index in [1.807, 2.05) is 30.3 Å². The molecule has 6 heteroatoms. The summed E-state index contributed by atoms with van der Waals surface area (Å²) in [5.41, 5.74) is 0.948. The Balaban J connectivity index is 1.68. The molecule has 0 spiro atoms. The predicted octanol–water partition coefficient (Wildman–Crippen LogP) is 2.53. The molecule has 0 radical (unpaired) electrons. The summed E-state index contributed by atoms with van der Waals surface area (Å²) in [4.78, 5) is 27.5. The molecule has 0 saturated carbocycles. The fourth-order valence-electron chi connectivity index (χ4n) is 1.81. The quantitative estimate of drug-likeness (QED) is 0.830. The van der Waals surface area contributed by atoms with Gasteiger partial charge in [-0.3, -0.25) is 9.59 Å². The fraction of sp³-hybridized carbons (Fsp3) is 0.188. The van der Waals surface area contributed by atoms with Crippen molar-refractivity contribution in [2.24, 2.45) is 0 Å². The third-order valence-corrected chi connectivity index (χ3v) is 3.35. The largest absolute Gasteiger partial charge is 0.355 e. The predicted molar refractivity (Wildman–Crippen MR) is 88.3 cm³/mol. The number of nitrogens with one attached hydrogen (secondary N) is 2. The number of amides is 2. The minimum Gasteiger partial charge on any atom is -0.355 e. The van der Waals surface area contributed by atoms with Crippen LogP contribution in [0.2, 0.25) is 0 Å². The molecule has 1 aromatic carbocycles. The maximum Gasteiger partial charge on any atom is 0.227 e. The average molecular weight is 362 g/mol. The molecule has 0 bridgehead atoms. The van der Waals surface area contributed by atoms with E-state index in [9.17, 15) is 9.59 Å². The molecule has 0 unspecified atom stereocenters. The normalized spacial score (nSPS) is 10.0.